The first-order valence-electron chi connectivity index (χ1n) is 10.6. The molecule has 0 N–H and O–H groups in total. The number of carbonyl (C=O) groups is 1. The van der Waals surface area contributed by atoms with E-state index in [-0.39, 0.29) is 12.5 Å². The monoisotopic (exact) mass is 420 g/mol. The van der Waals surface area contributed by atoms with Crippen molar-refractivity contribution in [3.63, 3.8) is 0 Å². The van der Waals surface area contributed by atoms with Gasteiger partial charge in [0.05, 0.1) is 0 Å². The largest absolute Gasteiger partial charge is 0.484 e. The predicted molar refractivity (Wildman–Crippen MR) is 119 cm³/mol. The second kappa shape index (κ2) is 9.16. The molecule has 1 fully saturated rings. The Morgan fingerprint density at radius 2 is 1.68 bits per heavy atom. The molecule has 162 valence electrons. The van der Waals surface area contributed by atoms with Crippen LogP contribution in [-0.2, 0) is 4.79 Å². The maximum absolute atomic E-state index is 12.5. The van der Waals surface area contributed by atoms with Gasteiger partial charge >= 0.3 is 0 Å². The molecule has 8 nitrogen and oxygen atoms in total. The predicted octanol–water partition coefficient (Wildman–Crippen LogP) is 2.82. The van der Waals surface area contributed by atoms with Gasteiger partial charge < -0.3 is 14.5 Å². The Labute approximate surface area is 182 Å². The number of carbonyl (C=O) groups excluding carboxylic acids is 1. The number of nitrogens with zero attached hydrogens (tertiary/aromatic N) is 6. The lowest BCUT2D eigenvalue weighted by atomic mass is 10.0. The van der Waals surface area contributed by atoms with Gasteiger partial charge in [-0.15, -0.1) is 10.2 Å². The summed E-state index contributed by atoms with van der Waals surface area (Å²) >= 11 is 0. The van der Waals surface area contributed by atoms with Crippen LogP contribution in [-0.4, -0.2) is 63.3 Å². The van der Waals surface area contributed by atoms with Gasteiger partial charge in [0.2, 0.25) is 0 Å². The molecule has 3 aromatic rings. The van der Waals surface area contributed by atoms with E-state index in [1.54, 1.807) is 6.20 Å². The van der Waals surface area contributed by atoms with Crippen LogP contribution in [0.3, 0.4) is 0 Å². The van der Waals surface area contributed by atoms with E-state index in [2.05, 4.69) is 33.9 Å². The number of ether oxygens (including phenoxy) is 1. The van der Waals surface area contributed by atoms with Crippen molar-refractivity contribution in [1.29, 1.82) is 0 Å². The van der Waals surface area contributed by atoms with Gasteiger partial charge in [-0.05, 0) is 42.7 Å². The van der Waals surface area contributed by atoms with Crippen LogP contribution in [0.25, 0.3) is 5.82 Å². The smallest absolute Gasteiger partial charge is 0.260 e. The van der Waals surface area contributed by atoms with Crippen LogP contribution in [0.4, 0.5) is 5.82 Å². The summed E-state index contributed by atoms with van der Waals surface area (Å²) in [5.41, 5.74) is 1.26. The normalized spacial score (nSPS) is 14.2. The number of anilines is 1. The van der Waals surface area contributed by atoms with E-state index in [1.165, 1.54) is 5.56 Å². The van der Waals surface area contributed by atoms with E-state index in [0.29, 0.717) is 32.1 Å². The van der Waals surface area contributed by atoms with Crippen molar-refractivity contribution in [2.75, 3.05) is 37.7 Å². The van der Waals surface area contributed by atoms with E-state index in [9.17, 15) is 4.79 Å². The maximum atomic E-state index is 12.5. The Bertz CT molecular complexity index is 1010. The SMILES string of the molecule is Cc1nccn1-c1ccc(N2CCN(C(=O)COc3ccc(C(C)C)cc3)CC2)nn1. The van der Waals surface area contributed by atoms with Gasteiger partial charge in [0.25, 0.3) is 5.91 Å². The third kappa shape index (κ3) is 4.84. The number of hydrogen-bond donors (Lipinski definition) is 0. The first kappa shape index (κ1) is 20.8. The minimum atomic E-state index is 0.00426. The van der Waals surface area contributed by atoms with Crippen molar-refractivity contribution >= 4 is 11.7 Å². The minimum absolute atomic E-state index is 0.00426. The van der Waals surface area contributed by atoms with Crippen molar-refractivity contribution in [3.05, 3.63) is 60.2 Å². The number of hydrogen-bond acceptors (Lipinski definition) is 6. The standard InChI is InChI=1S/C23H28N6O2/c1-17(2)19-4-6-20(7-5-19)31-16-23(30)28-14-12-27(13-15-28)21-8-9-22(26-25-21)29-11-10-24-18(29)3/h4-11,17H,12-16H2,1-3H3. The summed E-state index contributed by atoms with van der Waals surface area (Å²) in [6, 6.07) is 11.8. The average molecular weight is 421 g/mol. The molecule has 0 atom stereocenters. The zero-order valence-corrected chi connectivity index (χ0v) is 18.2. The lowest BCUT2D eigenvalue weighted by Crippen LogP contribution is -2.50. The molecule has 0 spiro atoms. The molecule has 2 aromatic heterocycles. The van der Waals surface area contributed by atoms with Crippen molar-refractivity contribution in [3.8, 4) is 11.6 Å². The van der Waals surface area contributed by atoms with Gasteiger partial charge in [-0.3, -0.25) is 9.36 Å². The molecule has 1 saturated heterocycles. The van der Waals surface area contributed by atoms with Crippen molar-refractivity contribution < 1.29 is 9.53 Å². The highest BCUT2D eigenvalue weighted by Crippen LogP contribution is 2.19. The molecule has 1 aromatic carbocycles. The topological polar surface area (TPSA) is 76.4 Å². The second-order valence-electron chi connectivity index (χ2n) is 7.97. The average Bonchev–Trinajstić information content (AvgIpc) is 3.24. The molecule has 3 heterocycles. The summed E-state index contributed by atoms with van der Waals surface area (Å²) in [6.07, 6.45) is 3.61. The molecule has 4 rings (SSSR count). The van der Waals surface area contributed by atoms with Crippen molar-refractivity contribution in [1.82, 2.24) is 24.6 Å². The van der Waals surface area contributed by atoms with Crippen molar-refractivity contribution in [2.45, 2.75) is 26.7 Å². The third-order valence-electron chi connectivity index (χ3n) is 5.57. The number of amides is 1. The summed E-state index contributed by atoms with van der Waals surface area (Å²) in [5, 5.41) is 8.69. The Morgan fingerprint density at radius 1 is 1.00 bits per heavy atom. The summed E-state index contributed by atoms with van der Waals surface area (Å²) in [7, 11) is 0. The minimum Gasteiger partial charge on any atom is -0.484 e. The Balaban J connectivity index is 1.27. The van der Waals surface area contributed by atoms with Gasteiger partial charge in [0.15, 0.2) is 18.2 Å². The highest BCUT2D eigenvalue weighted by Gasteiger charge is 2.22. The first-order valence-corrected chi connectivity index (χ1v) is 10.6. The number of aromatic nitrogens is 4. The molecule has 0 radical (unpaired) electrons. The Kier molecular flexibility index (Phi) is 6.16. The molecular formula is C23H28N6O2. The molecule has 0 aliphatic carbocycles. The lowest BCUT2D eigenvalue weighted by Gasteiger charge is -2.35. The summed E-state index contributed by atoms with van der Waals surface area (Å²) in [5.74, 6) is 3.63. The quantitative estimate of drug-likeness (QED) is 0.610. The van der Waals surface area contributed by atoms with E-state index in [0.717, 1.165) is 23.2 Å². The number of piperazine rings is 1. The Morgan fingerprint density at radius 3 is 2.26 bits per heavy atom. The van der Waals surface area contributed by atoms with E-state index in [4.69, 9.17) is 4.74 Å². The van der Waals surface area contributed by atoms with Crippen LogP contribution in [0.5, 0.6) is 5.75 Å². The molecule has 8 heteroatoms. The zero-order chi connectivity index (χ0) is 21.8. The third-order valence-corrected chi connectivity index (χ3v) is 5.57. The van der Waals surface area contributed by atoms with Crippen LogP contribution in [0.1, 0.15) is 31.2 Å². The summed E-state index contributed by atoms with van der Waals surface area (Å²) in [6.45, 7) is 8.99. The van der Waals surface area contributed by atoms with Crippen LogP contribution in [0.15, 0.2) is 48.8 Å². The van der Waals surface area contributed by atoms with Crippen LogP contribution in [0, 0.1) is 6.92 Å². The number of benzene rings is 1. The fraction of sp³-hybridized carbons (Fsp3) is 0.391. The van der Waals surface area contributed by atoms with E-state index < -0.39 is 0 Å². The van der Waals surface area contributed by atoms with E-state index >= 15 is 0 Å². The Hall–Kier alpha value is -3.42. The fourth-order valence-electron chi connectivity index (χ4n) is 3.61. The molecule has 1 aliphatic rings. The van der Waals surface area contributed by atoms with Gasteiger partial charge in [-0.25, -0.2) is 4.98 Å². The lowest BCUT2D eigenvalue weighted by molar-refractivity contribution is -0.133. The highest BCUT2D eigenvalue weighted by atomic mass is 16.5. The first-order chi connectivity index (χ1) is 15.0. The van der Waals surface area contributed by atoms with Gasteiger partial charge in [0.1, 0.15) is 11.6 Å². The molecule has 1 amide bonds. The molecule has 31 heavy (non-hydrogen) atoms. The fourth-order valence-corrected chi connectivity index (χ4v) is 3.61. The van der Waals surface area contributed by atoms with Crippen molar-refractivity contribution in [2.24, 2.45) is 0 Å². The highest BCUT2D eigenvalue weighted by molar-refractivity contribution is 5.78. The number of aryl methyl sites for hydroxylation is 1. The van der Waals surface area contributed by atoms with Gasteiger partial charge in [0, 0.05) is 38.6 Å². The van der Waals surface area contributed by atoms with Crippen LogP contribution < -0.4 is 9.64 Å². The number of imidazole rings is 1. The van der Waals surface area contributed by atoms with Crippen LogP contribution in [0.2, 0.25) is 0 Å². The molecular weight excluding hydrogens is 392 g/mol. The number of rotatable bonds is 6. The summed E-state index contributed by atoms with van der Waals surface area (Å²) < 4.78 is 7.58. The van der Waals surface area contributed by atoms with Gasteiger partial charge in [-0.1, -0.05) is 26.0 Å². The van der Waals surface area contributed by atoms with E-state index in [1.807, 2.05) is 59.0 Å². The maximum Gasteiger partial charge on any atom is 0.260 e. The second-order valence-corrected chi connectivity index (χ2v) is 7.97. The molecule has 0 unspecified atom stereocenters. The molecule has 1 aliphatic heterocycles. The van der Waals surface area contributed by atoms with Gasteiger partial charge in [-0.2, -0.15) is 0 Å². The van der Waals surface area contributed by atoms with Crippen LogP contribution >= 0.6 is 0 Å². The summed E-state index contributed by atoms with van der Waals surface area (Å²) in [4.78, 5) is 20.7. The zero-order valence-electron chi connectivity index (χ0n) is 18.2. The molecule has 0 saturated carbocycles. The molecule has 0 bridgehead atoms.